The molecule has 0 radical (unpaired) electrons. The van der Waals surface area contributed by atoms with E-state index in [1.54, 1.807) is 6.08 Å². The zero-order valence-electron chi connectivity index (χ0n) is 12.8. The minimum atomic E-state index is -0.845. The quantitative estimate of drug-likeness (QED) is 0.866. The van der Waals surface area contributed by atoms with E-state index in [-0.39, 0.29) is 6.04 Å². The molecular weight excluding hydrogens is 274 g/mol. The maximum atomic E-state index is 11.4. The number of carboxylic acid groups (broad SMARTS) is 1. The molecule has 0 amide bonds. The van der Waals surface area contributed by atoms with E-state index in [1.165, 1.54) is 5.56 Å². The molecule has 0 bridgehead atoms. The van der Waals surface area contributed by atoms with Crippen molar-refractivity contribution in [1.82, 2.24) is 0 Å². The van der Waals surface area contributed by atoms with Crippen LogP contribution < -0.4 is 5.32 Å². The van der Waals surface area contributed by atoms with Gasteiger partial charge in [-0.25, -0.2) is 4.79 Å². The number of carbonyl (C=O) groups is 1. The molecule has 1 heterocycles. The van der Waals surface area contributed by atoms with E-state index in [2.05, 4.69) is 42.6 Å². The van der Waals surface area contributed by atoms with Crippen molar-refractivity contribution in [1.29, 1.82) is 0 Å². The highest BCUT2D eigenvalue weighted by atomic mass is 16.4. The number of hydrogen-bond acceptors (Lipinski definition) is 2. The van der Waals surface area contributed by atoms with E-state index in [1.807, 2.05) is 19.1 Å². The molecule has 0 spiro atoms. The van der Waals surface area contributed by atoms with Gasteiger partial charge in [-0.05, 0) is 55.2 Å². The first-order valence-electron chi connectivity index (χ1n) is 7.44. The Balaban J connectivity index is 2.07. The molecule has 0 saturated heterocycles. The van der Waals surface area contributed by atoms with E-state index in [0.717, 1.165) is 22.4 Å². The second-order valence-electron chi connectivity index (χ2n) is 5.89. The predicted octanol–water partition coefficient (Wildman–Crippen LogP) is 4.33. The lowest BCUT2D eigenvalue weighted by molar-refractivity contribution is -0.132. The Hall–Kier alpha value is -2.55. The summed E-state index contributed by atoms with van der Waals surface area (Å²) in [4.78, 5) is 11.4. The minimum Gasteiger partial charge on any atom is -0.478 e. The Morgan fingerprint density at radius 2 is 1.82 bits per heavy atom. The Bertz CT molecular complexity index is 745. The number of rotatable bonds is 2. The number of carboxylic acids is 1. The molecule has 1 aliphatic heterocycles. The fourth-order valence-electron chi connectivity index (χ4n) is 2.78. The maximum Gasteiger partial charge on any atom is 0.331 e. The molecule has 1 atom stereocenters. The first kappa shape index (κ1) is 14.4. The highest BCUT2D eigenvalue weighted by Gasteiger charge is 2.18. The van der Waals surface area contributed by atoms with Crippen molar-refractivity contribution >= 4 is 17.7 Å². The van der Waals surface area contributed by atoms with Crippen molar-refractivity contribution in [3.63, 3.8) is 0 Å². The molecule has 0 aliphatic carbocycles. The highest BCUT2D eigenvalue weighted by Crippen LogP contribution is 2.30. The van der Waals surface area contributed by atoms with Gasteiger partial charge in [-0.2, -0.15) is 0 Å². The highest BCUT2D eigenvalue weighted by molar-refractivity contribution is 5.94. The number of benzene rings is 2. The molecule has 1 aliphatic rings. The van der Waals surface area contributed by atoms with Crippen LogP contribution in [0.3, 0.4) is 0 Å². The molecule has 0 aromatic heterocycles. The topological polar surface area (TPSA) is 49.3 Å². The molecule has 2 aromatic rings. The lowest BCUT2D eigenvalue weighted by Crippen LogP contribution is -2.16. The van der Waals surface area contributed by atoms with Crippen molar-refractivity contribution in [2.45, 2.75) is 26.3 Å². The van der Waals surface area contributed by atoms with Gasteiger partial charge in [0.2, 0.25) is 0 Å². The van der Waals surface area contributed by atoms with Crippen LogP contribution in [0.2, 0.25) is 0 Å². The molecule has 3 nitrogen and oxygen atoms in total. The Kier molecular flexibility index (Phi) is 3.72. The smallest absolute Gasteiger partial charge is 0.331 e. The van der Waals surface area contributed by atoms with Crippen LogP contribution in [-0.2, 0) is 4.79 Å². The first-order valence-corrected chi connectivity index (χ1v) is 7.44. The fraction of sp³-hybridized carbons (Fsp3) is 0.211. The normalized spacial score (nSPS) is 17.0. The molecule has 2 N–H and O–H groups in total. The second-order valence-corrected chi connectivity index (χ2v) is 5.89. The van der Waals surface area contributed by atoms with Gasteiger partial charge in [0, 0.05) is 17.3 Å². The Labute approximate surface area is 130 Å². The number of nitrogens with one attached hydrogen (secondary N) is 1. The first-order chi connectivity index (χ1) is 10.5. The van der Waals surface area contributed by atoms with Gasteiger partial charge in [0.1, 0.15) is 0 Å². The van der Waals surface area contributed by atoms with E-state index in [0.29, 0.717) is 12.0 Å². The van der Waals surface area contributed by atoms with Crippen LogP contribution in [0, 0.1) is 6.92 Å². The van der Waals surface area contributed by atoms with Crippen molar-refractivity contribution < 1.29 is 9.90 Å². The molecular formula is C19H19NO2. The summed E-state index contributed by atoms with van der Waals surface area (Å²) in [6.45, 7) is 4.06. The van der Waals surface area contributed by atoms with E-state index < -0.39 is 5.97 Å². The van der Waals surface area contributed by atoms with Crippen LogP contribution in [-0.4, -0.2) is 17.1 Å². The predicted molar refractivity (Wildman–Crippen MR) is 89.9 cm³/mol. The average molecular weight is 293 g/mol. The summed E-state index contributed by atoms with van der Waals surface area (Å²) < 4.78 is 0. The van der Waals surface area contributed by atoms with Crippen LogP contribution >= 0.6 is 0 Å². The zero-order valence-corrected chi connectivity index (χ0v) is 12.8. The third-order valence-corrected chi connectivity index (χ3v) is 3.97. The molecule has 112 valence electrons. The van der Waals surface area contributed by atoms with Gasteiger partial charge in [0.25, 0.3) is 0 Å². The minimum absolute atomic E-state index is 0.105. The summed E-state index contributed by atoms with van der Waals surface area (Å²) in [5.41, 5.74) is 5.81. The summed E-state index contributed by atoms with van der Waals surface area (Å²) in [5.74, 6) is -0.845. The van der Waals surface area contributed by atoms with Gasteiger partial charge >= 0.3 is 5.97 Å². The summed E-state index contributed by atoms with van der Waals surface area (Å²) in [5, 5.41) is 12.7. The summed E-state index contributed by atoms with van der Waals surface area (Å²) >= 11 is 0. The van der Waals surface area contributed by atoms with Crippen LogP contribution in [0.1, 0.15) is 24.5 Å². The second kappa shape index (κ2) is 5.68. The molecule has 3 rings (SSSR count). The standard InChI is InChI=1S/C19H19NO2/c1-12-3-5-14(6-4-12)15-7-8-18-16(10-15)11-17(19(21)22)9-13(2)20-18/h3-8,10-11,13,20H,9H2,1-2H3,(H,21,22). The fourth-order valence-corrected chi connectivity index (χ4v) is 2.78. The van der Waals surface area contributed by atoms with Gasteiger partial charge in [0.15, 0.2) is 0 Å². The average Bonchev–Trinajstić information content (AvgIpc) is 2.65. The van der Waals surface area contributed by atoms with E-state index in [4.69, 9.17) is 0 Å². The summed E-state index contributed by atoms with van der Waals surface area (Å²) in [6.07, 6.45) is 2.30. The van der Waals surface area contributed by atoms with Gasteiger partial charge in [0.05, 0.1) is 0 Å². The van der Waals surface area contributed by atoms with Crippen molar-refractivity contribution in [2.75, 3.05) is 5.32 Å². The zero-order chi connectivity index (χ0) is 15.7. The van der Waals surface area contributed by atoms with Crippen LogP contribution in [0.5, 0.6) is 0 Å². The molecule has 1 unspecified atom stereocenters. The Morgan fingerprint density at radius 3 is 2.50 bits per heavy atom. The van der Waals surface area contributed by atoms with Gasteiger partial charge < -0.3 is 10.4 Å². The molecule has 0 saturated carbocycles. The number of aliphatic carboxylic acids is 1. The summed E-state index contributed by atoms with van der Waals surface area (Å²) in [6, 6.07) is 14.6. The number of hydrogen-bond donors (Lipinski definition) is 2. The van der Waals surface area contributed by atoms with Crippen molar-refractivity contribution in [3.8, 4) is 11.1 Å². The number of fused-ring (bicyclic) bond motifs is 1. The Morgan fingerprint density at radius 1 is 1.14 bits per heavy atom. The third-order valence-electron chi connectivity index (χ3n) is 3.97. The lowest BCUT2D eigenvalue weighted by Gasteiger charge is -2.14. The lowest BCUT2D eigenvalue weighted by atomic mass is 10.00. The molecule has 2 aromatic carbocycles. The molecule has 3 heteroatoms. The van der Waals surface area contributed by atoms with Crippen LogP contribution in [0.15, 0.2) is 48.0 Å². The van der Waals surface area contributed by atoms with Gasteiger partial charge in [-0.15, -0.1) is 0 Å². The van der Waals surface area contributed by atoms with Gasteiger partial charge in [-0.1, -0.05) is 35.9 Å². The number of aryl methyl sites for hydroxylation is 1. The SMILES string of the molecule is Cc1ccc(-c2ccc3c(c2)C=C(C(=O)O)CC(C)N3)cc1. The van der Waals surface area contributed by atoms with Crippen LogP contribution in [0.25, 0.3) is 17.2 Å². The maximum absolute atomic E-state index is 11.4. The van der Waals surface area contributed by atoms with Crippen molar-refractivity contribution in [2.24, 2.45) is 0 Å². The van der Waals surface area contributed by atoms with Crippen molar-refractivity contribution in [3.05, 3.63) is 59.2 Å². The monoisotopic (exact) mass is 293 g/mol. The summed E-state index contributed by atoms with van der Waals surface area (Å²) in [7, 11) is 0. The van der Waals surface area contributed by atoms with E-state index in [9.17, 15) is 9.90 Å². The van der Waals surface area contributed by atoms with Crippen LogP contribution in [0.4, 0.5) is 5.69 Å². The van der Waals surface area contributed by atoms with E-state index >= 15 is 0 Å². The largest absolute Gasteiger partial charge is 0.478 e. The number of anilines is 1. The molecule has 22 heavy (non-hydrogen) atoms. The third kappa shape index (κ3) is 2.89. The molecule has 0 fully saturated rings. The van der Waals surface area contributed by atoms with Gasteiger partial charge in [-0.3, -0.25) is 0 Å².